The van der Waals surface area contributed by atoms with Crippen molar-refractivity contribution < 1.29 is 18.7 Å². The van der Waals surface area contributed by atoms with Crippen molar-refractivity contribution in [2.24, 2.45) is 0 Å². The van der Waals surface area contributed by atoms with Crippen LogP contribution >= 0.6 is 11.6 Å². The summed E-state index contributed by atoms with van der Waals surface area (Å²) in [4.78, 5) is 15.1. The summed E-state index contributed by atoms with van der Waals surface area (Å²) in [6.07, 6.45) is 0.647. The Hall–Kier alpha value is -3.05. The number of methoxy groups -OCH3 is 2. The first-order chi connectivity index (χ1) is 14.5. The van der Waals surface area contributed by atoms with Gasteiger partial charge >= 0.3 is 0 Å². The van der Waals surface area contributed by atoms with E-state index in [1.165, 1.54) is 12.1 Å². The molecule has 154 valence electrons. The molecule has 0 saturated carbocycles. The summed E-state index contributed by atoms with van der Waals surface area (Å²) >= 11 is 6.26. The zero-order valence-corrected chi connectivity index (χ0v) is 17.4. The lowest BCUT2D eigenvalue weighted by Gasteiger charge is -2.38. The maximum absolute atomic E-state index is 13.8. The number of nitrogens with zero attached hydrogens (tertiary/aromatic N) is 1. The van der Waals surface area contributed by atoms with Crippen LogP contribution in [-0.4, -0.2) is 31.6 Å². The maximum atomic E-state index is 13.8. The first kappa shape index (κ1) is 20.2. The molecular weight excluding hydrogens is 405 g/mol. The number of hydrogen-bond donors (Lipinski definition) is 0. The molecule has 0 radical (unpaired) electrons. The van der Waals surface area contributed by atoms with E-state index in [2.05, 4.69) is 0 Å². The number of fused-ring (bicyclic) bond motifs is 1. The van der Waals surface area contributed by atoms with Gasteiger partial charge in [0.15, 0.2) is 11.5 Å². The van der Waals surface area contributed by atoms with Gasteiger partial charge in [-0.25, -0.2) is 4.39 Å². The van der Waals surface area contributed by atoms with Crippen LogP contribution in [0.1, 0.15) is 33.1 Å². The number of rotatable bonds is 4. The number of benzene rings is 3. The highest BCUT2D eigenvalue weighted by Gasteiger charge is 2.34. The molecule has 1 aliphatic rings. The van der Waals surface area contributed by atoms with E-state index in [9.17, 15) is 9.18 Å². The highest BCUT2D eigenvalue weighted by Crippen LogP contribution is 2.42. The molecule has 0 spiro atoms. The summed E-state index contributed by atoms with van der Waals surface area (Å²) in [5.41, 5.74) is 3.19. The third kappa shape index (κ3) is 3.73. The molecule has 0 bridgehead atoms. The van der Waals surface area contributed by atoms with Crippen LogP contribution in [0.2, 0.25) is 5.02 Å². The second kappa shape index (κ2) is 8.36. The van der Waals surface area contributed by atoms with Gasteiger partial charge in [-0.3, -0.25) is 4.79 Å². The molecule has 1 amide bonds. The quantitative estimate of drug-likeness (QED) is 0.570. The van der Waals surface area contributed by atoms with Crippen LogP contribution in [0.5, 0.6) is 11.5 Å². The lowest BCUT2D eigenvalue weighted by Crippen LogP contribution is -2.40. The van der Waals surface area contributed by atoms with Crippen LogP contribution in [0.4, 0.5) is 4.39 Å². The van der Waals surface area contributed by atoms with Crippen molar-refractivity contribution in [1.29, 1.82) is 0 Å². The fourth-order valence-electron chi connectivity index (χ4n) is 3.99. The Balaban J connectivity index is 1.86. The van der Waals surface area contributed by atoms with E-state index in [0.717, 1.165) is 16.7 Å². The predicted octanol–water partition coefficient (Wildman–Crippen LogP) is 5.28. The summed E-state index contributed by atoms with van der Waals surface area (Å²) in [5, 5.41) is 0.582. The second-order valence-corrected chi connectivity index (χ2v) is 7.56. The van der Waals surface area contributed by atoms with Crippen molar-refractivity contribution in [1.82, 2.24) is 4.90 Å². The van der Waals surface area contributed by atoms with E-state index >= 15 is 0 Å². The minimum atomic E-state index is -0.441. The third-order valence-electron chi connectivity index (χ3n) is 5.37. The van der Waals surface area contributed by atoms with Gasteiger partial charge in [-0.15, -0.1) is 0 Å². The summed E-state index contributed by atoms with van der Waals surface area (Å²) in [5.74, 6) is 0.554. The number of ether oxygens (including phenoxy) is 2. The first-order valence-electron chi connectivity index (χ1n) is 9.58. The van der Waals surface area contributed by atoms with Gasteiger partial charge < -0.3 is 14.4 Å². The van der Waals surface area contributed by atoms with E-state index in [0.29, 0.717) is 35.1 Å². The van der Waals surface area contributed by atoms with Gasteiger partial charge in [0.25, 0.3) is 5.91 Å². The van der Waals surface area contributed by atoms with Crippen molar-refractivity contribution in [3.63, 3.8) is 0 Å². The fraction of sp³-hybridized carbons (Fsp3) is 0.208. The fourth-order valence-corrected chi connectivity index (χ4v) is 4.19. The number of halogens is 2. The third-order valence-corrected chi connectivity index (χ3v) is 5.61. The standard InChI is InChI=1S/C24H21ClFNO3/c1-29-21-13-15-9-10-27(24(28)17-6-4-8-19(26)12-17)23(20(15)14-22(21)30-2)16-5-3-7-18(25)11-16/h3-8,11-14,23H,9-10H2,1-2H3. The van der Waals surface area contributed by atoms with E-state index in [4.69, 9.17) is 21.1 Å². The SMILES string of the molecule is COc1cc2c(cc1OC)C(c1cccc(Cl)c1)N(C(=O)c1cccc(F)c1)CC2. The molecule has 6 heteroatoms. The maximum Gasteiger partial charge on any atom is 0.254 e. The topological polar surface area (TPSA) is 38.8 Å². The molecule has 1 heterocycles. The van der Waals surface area contributed by atoms with Gasteiger partial charge in [0.05, 0.1) is 20.3 Å². The highest BCUT2D eigenvalue weighted by molar-refractivity contribution is 6.30. The van der Waals surface area contributed by atoms with Crippen LogP contribution in [-0.2, 0) is 6.42 Å². The van der Waals surface area contributed by atoms with E-state index < -0.39 is 5.82 Å². The molecule has 3 aromatic carbocycles. The molecule has 0 N–H and O–H groups in total. The Morgan fingerprint density at radius 2 is 1.77 bits per heavy atom. The van der Waals surface area contributed by atoms with Crippen molar-refractivity contribution in [2.45, 2.75) is 12.5 Å². The average Bonchev–Trinajstić information content (AvgIpc) is 2.76. The Labute approximate surface area is 179 Å². The molecule has 0 saturated heterocycles. The molecule has 1 aliphatic heterocycles. The zero-order valence-electron chi connectivity index (χ0n) is 16.7. The molecule has 3 aromatic rings. The molecule has 0 fully saturated rings. The molecule has 30 heavy (non-hydrogen) atoms. The molecule has 1 unspecified atom stereocenters. The van der Waals surface area contributed by atoms with Gasteiger partial charge in [0.2, 0.25) is 0 Å². The van der Waals surface area contributed by atoms with Crippen molar-refractivity contribution >= 4 is 17.5 Å². The minimum Gasteiger partial charge on any atom is -0.493 e. The largest absolute Gasteiger partial charge is 0.493 e. The monoisotopic (exact) mass is 425 g/mol. The lowest BCUT2D eigenvalue weighted by atomic mass is 9.87. The van der Waals surface area contributed by atoms with Gasteiger partial charge in [-0.2, -0.15) is 0 Å². The summed E-state index contributed by atoms with van der Waals surface area (Å²) in [7, 11) is 3.18. The molecule has 0 aromatic heterocycles. The number of carbonyl (C=O) groups is 1. The lowest BCUT2D eigenvalue weighted by molar-refractivity contribution is 0.0693. The van der Waals surface area contributed by atoms with Gasteiger partial charge in [-0.1, -0.05) is 29.8 Å². The zero-order chi connectivity index (χ0) is 21.3. The van der Waals surface area contributed by atoms with Crippen LogP contribution < -0.4 is 9.47 Å². The van der Waals surface area contributed by atoms with Crippen molar-refractivity contribution in [3.05, 3.63) is 93.8 Å². The van der Waals surface area contributed by atoms with Gasteiger partial charge in [0, 0.05) is 17.1 Å². The Kier molecular flexibility index (Phi) is 5.64. The Morgan fingerprint density at radius 1 is 1.03 bits per heavy atom. The molecular formula is C24H21ClFNO3. The van der Waals surface area contributed by atoms with E-state index in [-0.39, 0.29) is 11.9 Å². The van der Waals surface area contributed by atoms with Crippen LogP contribution in [0.3, 0.4) is 0 Å². The second-order valence-electron chi connectivity index (χ2n) is 7.12. The van der Waals surface area contributed by atoms with E-state index in [1.807, 2.05) is 30.3 Å². The van der Waals surface area contributed by atoms with Crippen LogP contribution in [0.25, 0.3) is 0 Å². The number of carbonyl (C=O) groups excluding carboxylic acids is 1. The molecule has 4 nitrogen and oxygen atoms in total. The van der Waals surface area contributed by atoms with Crippen molar-refractivity contribution in [2.75, 3.05) is 20.8 Å². The summed E-state index contributed by atoms with van der Waals surface area (Å²) < 4.78 is 24.7. The molecule has 1 atom stereocenters. The number of hydrogen-bond acceptors (Lipinski definition) is 3. The van der Waals surface area contributed by atoms with Gasteiger partial charge in [-0.05, 0) is 65.6 Å². The Morgan fingerprint density at radius 3 is 2.47 bits per heavy atom. The normalized spacial score (nSPS) is 15.5. The number of amides is 1. The van der Waals surface area contributed by atoms with Gasteiger partial charge in [0.1, 0.15) is 5.82 Å². The summed E-state index contributed by atoms with van der Waals surface area (Å²) in [6.45, 7) is 0.481. The highest BCUT2D eigenvalue weighted by atomic mass is 35.5. The molecule has 0 aliphatic carbocycles. The van der Waals surface area contributed by atoms with Crippen LogP contribution in [0.15, 0.2) is 60.7 Å². The van der Waals surface area contributed by atoms with Crippen molar-refractivity contribution in [3.8, 4) is 11.5 Å². The summed E-state index contributed by atoms with van der Waals surface area (Å²) in [6, 6.07) is 16.7. The smallest absolute Gasteiger partial charge is 0.254 e. The van der Waals surface area contributed by atoms with E-state index in [1.54, 1.807) is 37.3 Å². The minimum absolute atomic E-state index is 0.236. The first-order valence-corrected chi connectivity index (χ1v) is 9.96. The predicted molar refractivity (Wildman–Crippen MR) is 114 cm³/mol. The van der Waals surface area contributed by atoms with Crippen LogP contribution in [0, 0.1) is 5.82 Å². The Bertz CT molecular complexity index is 1100. The molecule has 4 rings (SSSR count). The average molecular weight is 426 g/mol.